The van der Waals surface area contributed by atoms with Gasteiger partial charge in [0.25, 0.3) is 0 Å². The Balaban J connectivity index is 1.53. The summed E-state index contributed by atoms with van der Waals surface area (Å²) in [5, 5.41) is 2.82. The number of nitrogens with zero attached hydrogens (tertiary/aromatic N) is 1. The van der Waals surface area contributed by atoms with Gasteiger partial charge in [0, 0.05) is 12.6 Å². The quantitative estimate of drug-likeness (QED) is 0.803. The molecular weight excluding hydrogens is 332 g/mol. The van der Waals surface area contributed by atoms with E-state index in [-0.39, 0.29) is 36.8 Å². The minimum Gasteiger partial charge on any atom is -0.454 e. The summed E-state index contributed by atoms with van der Waals surface area (Å²) in [5.41, 5.74) is 1.04. The van der Waals surface area contributed by atoms with Gasteiger partial charge in [-0.05, 0) is 30.7 Å². The maximum atomic E-state index is 12.2. The number of carbonyl (C=O) groups excluding carboxylic acids is 1. The van der Waals surface area contributed by atoms with Gasteiger partial charge in [0.05, 0.1) is 18.1 Å². The molecule has 0 aliphatic carbocycles. The smallest absolute Gasteiger partial charge is 0.234 e. The Bertz CT molecular complexity index is 719. The number of likely N-dealkylation sites (N-methyl/N-ethyl adjacent to an activating group) is 1. The molecule has 1 aromatic rings. The van der Waals surface area contributed by atoms with Gasteiger partial charge in [-0.15, -0.1) is 0 Å². The van der Waals surface area contributed by atoms with Gasteiger partial charge in [-0.3, -0.25) is 9.69 Å². The second-order valence-electron chi connectivity index (χ2n) is 6.16. The minimum absolute atomic E-state index is 0.0486. The molecule has 2 aliphatic rings. The zero-order valence-electron chi connectivity index (χ0n) is 13.7. The van der Waals surface area contributed by atoms with Crippen molar-refractivity contribution in [3.05, 3.63) is 23.8 Å². The normalized spacial score (nSPS) is 21.2. The van der Waals surface area contributed by atoms with Crippen LogP contribution in [0.4, 0.5) is 0 Å². The first-order valence-electron chi connectivity index (χ1n) is 8.06. The van der Waals surface area contributed by atoms with Crippen LogP contribution in [-0.2, 0) is 21.2 Å². The molecule has 1 fully saturated rings. The summed E-state index contributed by atoms with van der Waals surface area (Å²) in [5.74, 6) is 1.53. The number of nitrogens with one attached hydrogen (secondary N) is 1. The molecule has 1 atom stereocenters. The van der Waals surface area contributed by atoms with Gasteiger partial charge in [0.1, 0.15) is 0 Å². The Morgan fingerprint density at radius 1 is 1.33 bits per heavy atom. The molecule has 0 spiro atoms. The molecule has 1 N–H and O–H groups in total. The summed E-state index contributed by atoms with van der Waals surface area (Å²) in [4.78, 5) is 14.2. The van der Waals surface area contributed by atoms with Crippen molar-refractivity contribution in [2.24, 2.45) is 0 Å². The molecule has 24 heavy (non-hydrogen) atoms. The highest BCUT2D eigenvalue weighted by atomic mass is 32.2. The van der Waals surface area contributed by atoms with Crippen molar-refractivity contribution in [2.45, 2.75) is 25.9 Å². The predicted molar refractivity (Wildman–Crippen MR) is 88.7 cm³/mol. The fourth-order valence-corrected chi connectivity index (χ4v) is 4.64. The number of hydrogen-bond acceptors (Lipinski definition) is 6. The van der Waals surface area contributed by atoms with Crippen molar-refractivity contribution in [1.82, 2.24) is 10.2 Å². The zero-order valence-corrected chi connectivity index (χ0v) is 14.5. The molecule has 2 aliphatic heterocycles. The van der Waals surface area contributed by atoms with E-state index in [0.29, 0.717) is 19.5 Å². The van der Waals surface area contributed by atoms with E-state index < -0.39 is 9.84 Å². The Morgan fingerprint density at radius 2 is 2.12 bits per heavy atom. The van der Waals surface area contributed by atoms with Crippen molar-refractivity contribution in [1.29, 1.82) is 0 Å². The number of amides is 1. The lowest BCUT2D eigenvalue weighted by Gasteiger charge is -2.21. The van der Waals surface area contributed by atoms with Crippen LogP contribution < -0.4 is 14.8 Å². The molecule has 0 unspecified atom stereocenters. The van der Waals surface area contributed by atoms with Crippen LogP contribution in [0.2, 0.25) is 0 Å². The number of ether oxygens (including phenoxy) is 2. The summed E-state index contributed by atoms with van der Waals surface area (Å²) in [6, 6.07) is 5.49. The second-order valence-corrected chi connectivity index (χ2v) is 8.39. The third-order valence-electron chi connectivity index (χ3n) is 4.26. The predicted octanol–water partition coefficient (Wildman–Crippen LogP) is 0.540. The van der Waals surface area contributed by atoms with Crippen molar-refractivity contribution in [3.63, 3.8) is 0 Å². The fraction of sp³-hybridized carbons (Fsp3) is 0.562. The molecule has 1 saturated heterocycles. The van der Waals surface area contributed by atoms with Crippen LogP contribution in [0.15, 0.2) is 18.2 Å². The number of benzene rings is 1. The maximum absolute atomic E-state index is 12.2. The standard InChI is InChI=1S/C16H22N2O5S/c1-2-18(8-12-3-4-14-15(7-12)23-11-22-14)9-16(19)17-13-5-6-24(20,21)10-13/h3-4,7,13H,2,5-6,8-11H2,1H3,(H,17,19)/t13-/m1/s1. The van der Waals surface area contributed by atoms with Crippen LogP contribution in [0.5, 0.6) is 11.5 Å². The molecule has 1 amide bonds. The third kappa shape index (κ3) is 4.18. The van der Waals surface area contributed by atoms with Crippen LogP contribution in [-0.4, -0.2) is 56.7 Å². The summed E-state index contributed by atoms with van der Waals surface area (Å²) >= 11 is 0. The molecule has 0 bridgehead atoms. The van der Waals surface area contributed by atoms with E-state index in [0.717, 1.165) is 17.1 Å². The lowest BCUT2D eigenvalue weighted by Crippen LogP contribution is -2.42. The van der Waals surface area contributed by atoms with E-state index >= 15 is 0 Å². The first-order valence-corrected chi connectivity index (χ1v) is 9.88. The molecule has 0 saturated carbocycles. The zero-order chi connectivity index (χ0) is 17.2. The second kappa shape index (κ2) is 6.98. The fourth-order valence-electron chi connectivity index (χ4n) is 2.96. The Hall–Kier alpha value is -1.80. The molecule has 3 rings (SSSR count). The van der Waals surface area contributed by atoms with Crippen LogP contribution in [0.25, 0.3) is 0 Å². The highest BCUT2D eigenvalue weighted by molar-refractivity contribution is 7.91. The van der Waals surface area contributed by atoms with Gasteiger partial charge in [-0.2, -0.15) is 0 Å². The molecular formula is C16H22N2O5S. The lowest BCUT2D eigenvalue weighted by molar-refractivity contribution is -0.122. The number of carbonyl (C=O) groups is 1. The summed E-state index contributed by atoms with van der Waals surface area (Å²) in [6.07, 6.45) is 0.502. The Kier molecular flexibility index (Phi) is 4.96. The lowest BCUT2D eigenvalue weighted by atomic mass is 10.2. The molecule has 8 heteroatoms. The number of hydrogen-bond donors (Lipinski definition) is 1. The van der Waals surface area contributed by atoms with E-state index in [9.17, 15) is 13.2 Å². The Morgan fingerprint density at radius 3 is 2.83 bits per heavy atom. The van der Waals surface area contributed by atoms with Crippen LogP contribution in [0.3, 0.4) is 0 Å². The molecule has 1 aromatic carbocycles. The van der Waals surface area contributed by atoms with Gasteiger partial charge in [-0.25, -0.2) is 8.42 Å². The topological polar surface area (TPSA) is 84.9 Å². The monoisotopic (exact) mass is 354 g/mol. The molecule has 2 heterocycles. The summed E-state index contributed by atoms with van der Waals surface area (Å²) in [6.45, 7) is 3.79. The summed E-state index contributed by atoms with van der Waals surface area (Å²) < 4.78 is 33.6. The van der Waals surface area contributed by atoms with Crippen molar-refractivity contribution in [3.8, 4) is 11.5 Å². The first kappa shape index (κ1) is 17.0. The molecule has 0 aromatic heterocycles. The number of fused-ring (bicyclic) bond motifs is 1. The van der Waals surface area contributed by atoms with Crippen molar-refractivity contribution < 1.29 is 22.7 Å². The van der Waals surface area contributed by atoms with Gasteiger partial charge < -0.3 is 14.8 Å². The van der Waals surface area contributed by atoms with Crippen LogP contribution in [0, 0.1) is 0 Å². The van der Waals surface area contributed by atoms with Gasteiger partial charge in [-0.1, -0.05) is 13.0 Å². The Labute approximate surface area is 141 Å². The van der Waals surface area contributed by atoms with Gasteiger partial charge in [0.2, 0.25) is 12.7 Å². The van der Waals surface area contributed by atoms with Gasteiger partial charge >= 0.3 is 0 Å². The molecule has 7 nitrogen and oxygen atoms in total. The van der Waals surface area contributed by atoms with Crippen molar-refractivity contribution >= 4 is 15.7 Å². The van der Waals surface area contributed by atoms with E-state index in [1.165, 1.54) is 0 Å². The summed E-state index contributed by atoms with van der Waals surface area (Å²) in [7, 11) is -2.98. The minimum atomic E-state index is -2.98. The van der Waals surface area contributed by atoms with Crippen molar-refractivity contribution in [2.75, 3.05) is 31.4 Å². The number of rotatable bonds is 6. The molecule has 0 radical (unpaired) electrons. The van der Waals surface area contributed by atoms with Gasteiger partial charge in [0.15, 0.2) is 21.3 Å². The maximum Gasteiger partial charge on any atom is 0.234 e. The largest absolute Gasteiger partial charge is 0.454 e. The molecule has 132 valence electrons. The third-order valence-corrected chi connectivity index (χ3v) is 6.02. The first-order chi connectivity index (χ1) is 11.4. The SMILES string of the molecule is CCN(CC(=O)N[C@@H]1CCS(=O)(=O)C1)Cc1ccc2c(c1)OCO2. The van der Waals surface area contributed by atoms with Crippen LogP contribution >= 0.6 is 0 Å². The van der Waals surface area contributed by atoms with E-state index in [1.54, 1.807) is 0 Å². The van der Waals surface area contributed by atoms with E-state index in [2.05, 4.69) is 5.32 Å². The van der Waals surface area contributed by atoms with Crippen LogP contribution in [0.1, 0.15) is 18.9 Å². The number of sulfone groups is 1. The highest BCUT2D eigenvalue weighted by Crippen LogP contribution is 2.32. The average molecular weight is 354 g/mol. The van der Waals surface area contributed by atoms with E-state index in [1.807, 2.05) is 30.0 Å². The highest BCUT2D eigenvalue weighted by Gasteiger charge is 2.29. The average Bonchev–Trinajstić information content (AvgIpc) is 3.12. The van der Waals surface area contributed by atoms with E-state index in [4.69, 9.17) is 9.47 Å².